The fraction of sp³-hybridized carbons (Fsp3) is 0.133. The number of fused-ring (bicyclic) bond motifs is 1. The molecule has 0 aromatic heterocycles. The largest absolute Gasteiger partial charge is 0.326 e. The number of aryl methyl sites for hydroxylation is 1. The molecule has 0 N–H and O–H groups in total. The van der Waals surface area contributed by atoms with Crippen molar-refractivity contribution in [2.45, 2.75) is 18.4 Å². The summed E-state index contributed by atoms with van der Waals surface area (Å²) >= 11 is 6.03. The molecule has 0 spiro atoms. The van der Waals surface area contributed by atoms with E-state index in [1.54, 1.807) is 23.1 Å². The number of halogens is 2. The Hall–Kier alpha value is -1.92. The number of hydrogen-bond acceptors (Lipinski definition) is 3. The lowest BCUT2D eigenvalue weighted by atomic mass is 10.1. The number of rotatable bonds is 2. The summed E-state index contributed by atoms with van der Waals surface area (Å²) in [7, 11) is -3.70. The van der Waals surface area contributed by atoms with Gasteiger partial charge in [-0.05, 0) is 36.8 Å². The van der Waals surface area contributed by atoms with Crippen molar-refractivity contribution in [3.05, 3.63) is 58.4 Å². The lowest BCUT2D eigenvalue weighted by Crippen LogP contribution is -2.27. The van der Waals surface area contributed by atoms with Crippen LogP contribution in [0.2, 0.25) is 5.02 Å². The molecule has 0 bridgehead atoms. The average molecular weight is 339 g/mol. The van der Waals surface area contributed by atoms with Crippen molar-refractivity contribution < 1.29 is 12.8 Å². The molecule has 7 heteroatoms. The van der Waals surface area contributed by atoms with E-state index in [4.69, 9.17) is 11.6 Å². The van der Waals surface area contributed by atoms with Gasteiger partial charge in [-0.2, -0.15) is 8.42 Å². The van der Waals surface area contributed by atoms with Crippen LogP contribution in [-0.4, -0.2) is 14.8 Å². The lowest BCUT2D eigenvalue weighted by Gasteiger charge is -2.26. The Morgan fingerprint density at radius 1 is 1.27 bits per heavy atom. The van der Waals surface area contributed by atoms with Crippen molar-refractivity contribution in [2.24, 2.45) is 4.40 Å². The minimum absolute atomic E-state index is 0.0982. The van der Waals surface area contributed by atoms with Gasteiger partial charge in [-0.3, -0.25) is 0 Å². The maximum absolute atomic E-state index is 13.9. The third-order valence-electron chi connectivity index (χ3n) is 3.42. The van der Waals surface area contributed by atoms with E-state index in [1.165, 1.54) is 24.5 Å². The summed E-state index contributed by atoms with van der Waals surface area (Å²) in [6.45, 7) is 1.95. The standard InChI is InChI=1S/C15H12ClFN2O2S/c1-10-5-6-15-14(7-10)19(9-18-22(15,20)21)8-11-12(16)3-2-4-13(11)17/h2-7,9H,8H2,1H3. The molecule has 114 valence electrons. The highest BCUT2D eigenvalue weighted by atomic mass is 35.5. The van der Waals surface area contributed by atoms with Gasteiger partial charge in [-0.1, -0.05) is 23.7 Å². The van der Waals surface area contributed by atoms with Gasteiger partial charge in [-0.15, -0.1) is 4.40 Å². The van der Waals surface area contributed by atoms with Gasteiger partial charge in [-0.25, -0.2) is 4.39 Å². The fourth-order valence-corrected chi connectivity index (χ4v) is 3.54. The van der Waals surface area contributed by atoms with Crippen LogP contribution >= 0.6 is 11.6 Å². The summed E-state index contributed by atoms with van der Waals surface area (Å²) in [6, 6.07) is 9.37. The number of sulfonamides is 1. The monoisotopic (exact) mass is 338 g/mol. The second kappa shape index (κ2) is 5.37. The summed E-state index contributed by atoms with van der Waals surface area (Å²) in [5, 5.41) is 0.288. The topological polar surface area (TPSA) is 49.7 Å². The van der Waals surface area contributed by atoms with Gasteiger partial charge in [0, 0.05) is 10.6 Å². The molecule has 2 aromatic carbocycles. The molecule has 0 atom stereocenters. The zero-order valence-corrected chi connectivity index (χ0v) is 13.2. The molecular weight excluding hydrogens is 327 g/mol. The summed E-state index contributed by atoms with van der Waals surface area (Å²) in [5.74, 6) is -0.441. The Bertz CT molecular complexity index is 861. The van der Waals surface area contributed by atoms with Crippen LogP contribution in [0.4, 0.5) is 10.1 Å². The molecule has 0 saturated heterocycles. The quantitative estimate of drug-likeness (QED) is 0.841. The molecule has 0 saturated carbocycles. The van der Waals surface area contributed by atoms with Crippen molar-refractivity contribution in [3.63, 3.8) is 0 Å². The van der Waals surface area contributed by atoms with Crippen molar-refractivity contribution in [2.75, 3.05) is 4.90 Å². The molecule has 2 aromatic rings. The second-order valence-corrected chi connectivity index (χ2v) is 7.00. The molecule has 0 fully saturated rings. The first-order chi connectivity index (χ1) is 10.4. The molecule has 22 heavy (non-hydrogen) atoms. The number of benzene rings is 2. The van der Waals surface area contributed by atoms with Gasteiger partial charge in [0.05, 0.1) is 12.2 Å². The van der Waals surface area contributed by atoms with E-state index in [-0.39, 0.29) is 16.5 Å². The van der Waals surface area contributed by atoms with E-state index < -0.39 is 15.8 Å². The second-order valence-electron chi connectivity index (χ2n) is 5.00. The van der Waals surface area contributed by atoms with Crippen molar-refractivity contribution in [1.29, 1.82) is 0 Å². The minimum atomic E-state index is -3.70. The van der Waals surface area contributed by atoms with E-state index in [2.05, 4.69) is 4.40 Å². The number of hydrogen-bond donors (Lipinski definition) is 0. The van der Waals surface area contributed by atoms with Crippen LogP contribution in [0.1, 0.15) is 11.1 Å². The van der Waals surface area contributed by atoms with E-state index in [9.17, 15) is 12.8 Å². The summed E-state index contributed by atoms with van der Waals surface area (Å²) < 4.78 is 41.5. The van der Waals surface area contributed by atoms with Crippen LogP contribution in [0, 0.1) is 12.7 Å². The van der Waals surface area contributed by atoms with Crippen LogP contribution < -0.4 is 4.90 Å². The number of nitrogens with zero attached hydrogens (tertiary/aromatic N) is 2. The number of anilines is 1. The zero-order valence-electron chi connectivity index (χ0n) is 11.6. The van der Waals surface area contributed by atoms with E-state index in [0.29, 0.717) is 11.3 Å². The van der Waals surface area contributed by atoms with E-state index >= 15 is 0 Å². The maximum atomic E-state index is 13.9. The first-order valence-corrected chi connectivity index (χ1v) is 8.31. The van der Waals surface area contributed by atoms with Gasteiger partial charge in [0.25, 0.3) is 10.0 Å². The van der Waals surface area contributed by atoms with Crippen molar-refractivity contribution >= 4 is 33.7 Å². The predicted octanol–water partition coefficient (Wildman–Crippen LogP) is 3.52. The van der Waals surface area contributed by atoms with Gasteiger partial charge in [0.15, 0.2) is 0 Å². The van der Waals surface area contributed by atoms with Gasteiger partial charge in [0.1, 0.15) is 17.1 Å². The van der Waals surface area contributed by atoms with Gasteiger partial charge >= 0.3 is 0 Å². The molecule has 1 aliphatic rings. The highest BCUT2D eigenvalue weighted by Crippen LogP contribution is 2.32. The smallest absolute Gasteiger partial charge is 0.285 e. The van der Waals surface area contributed by atoms with E-state index in [1.807, 2.05) is 6.92 Å². The molecule has 0 unspecified atom stereocenters. The minimum Gasteiger partial charge on any atom is -0.326 e. The highest BCUT2D eigenvalue weighted by molar-refractivity contribution is 7.90. The Kier molecular flexibility index (Phi) is 3.66. The van der Waals surface area contributed by atoms with Crippen molar-refractivity contribution in [1.82, 2.24) is 0 Å². The third-order valence-corrected chi connectivity index (χ3v) is 5.04. The van der Waals surface area contributed by atoms with Crippen LogP contribution in [0.25, 0.3) is 0 Å². The Morgan fingerprint density at radius 2 is 2.05 bits per heavy atom. The first-order valence-electron chi connectivity index (χ1n) is 6.49. The Labute approximate surface area is 132 Å². The lowest BCUT2D eigenvalue weighted by molar-refractivity contribution is 0.596. The first kappa shape index (κ1) is 15.0. The summed E-state index contributed by atoms with van der Waals surface area (Å²) in [4.78, 5) is 1.68. The molecule has 1 aliphatic heterocycles. The molecule has 1 heterocycles. The third kappa shape index (κ3) is 2.60. The molecular formula is C15H12ClFN2O2S. The van der Waals surface area contributed by atoms with E-state index in [0.717, 1.165) is 5.56 Å². The van der Waals surface area contributed by atoms with Crippen LogP contribution in [-0.2, 0) is 16.6 Å². The average Bonchev–Trinajstić information content (AvgIpc) is 2.45. The fourth-order valence-electron chi connectivity index (χ4n) is 2.29. The normalized spacial score (nSPS) is 15.7. The van der Waals surface area contributed by atoms with Crippen molar-refractivity contribution in [3.8, 4) is 0 Å². The SMILES string of the molecule is Cc1ccc2c(c1)N(Cc1c(F)cccc1Cl)C=NS2(=O)=O. The van der Waals surface area contributed by atoms with Gasteiger partial charge < -0.3 is 4.90 Å². The molecule has 0 aliphatic carbocycles. The summed E-state index contributed by atoms with van der Waals surface area (Å²) in [6.07, 6.45) is 1.19. The highest BCUT2D eigenvalue weighted by Gasteiger charge is 2.26. The van der Waals surface area contributed by atoms with Gasteiger partial charge in [0.2, 0.25) is 0 Å². The predicted molar refractivity (Wildman–Crippen MR) is 84.4 cm³/mol. The Balaban J connectivity index is 2.09. The molecule has 0 amide bonds. The van der Waals surface area contributed by atoms with Crippen LogP contribution in [0.3, 0.4) is 0 Å². The maximum Gasteiger partial charge on any atom is 0.285 e. The zero-order chi connectivity index (χ0) is 15.9. The molecule has 3 rings (SSSR count). The summed E-state index contributed by atoms with van der Waals surface area (Å²) in [5.41, 5.74) is 1.66. The molecule has 0 radical (unpaired) electrons. The van der Waals surface area contributed by atoms with Crippen LogP contribution in [0.5, 0.6) is 0 Å². The Morgan fingerprint density at radius 3 is 2.77 bits per heavy atom. The van der Waals surface area contributed by atoms with Crippen LogP contribution in [0.15, 0.2) is 45.7 Å². The molecule has 4 nitrogen and oxygen atoms in total.